The van der Waals surface area contributed by atoms with Crippen LogP contribution in [0.3, 0.4) is 0 Å². The van der Waals surface area contributed by atoms with Gasteiger partial charge < -0.3 is 9.47 Å². The van der Waals surface area contributed by atoms with Crippen molar-refractivity contribution in [1.29, 1.82) is 0 Å². The molecule has 1 aliphatic carbocycles. The minimum Gasteiger partial charge on any atom is -0.458 e. The highest BCUT2D eigenvalue weighted by Gasteiger charge is 2.39. The SMILES string of the molecule is C=C(C)C(=O)OCC1=CC2OC2CC1. The van der Waals surface area contributed by atoms with Gasteiger partial charge in [-0.25, -0.2) is 4.79 Å². The van der Waals surface area contributed by atoms with Crippen LogP contribution >= 0.6 is 0 Å². The zero-order chi connectivity index (χ0) is 10.1. The molecule has 3 heteroatoms. The Labute approximate surface area is 83.4 Å². The molecular formula is C11H14O3. The number of epoxide rings is 1. The van der Waals surface area contributed by atoms with Crippen molar-refractivity contribution in [3.8, 4) is 0 Å². The van der Waals surface area contributed by atoms with Crippen LogP contribution in [0.2, 0.25) is 0 Å². The van der Waals surface area contributed by atoms with Crippen molar-refractivity contribution < 1.29 is 14.3 Å². The molecule has 1 heterocycles. The summed E-state index contributed by atoms with van der Waals surface area (Å²) in [6.07, 6.45) is 4.84. The average Bonchev–Trinajstić information content (AvgIpc) is 2.91. The predicted molar refractivity (Wildman–Crippen MR) is 51.8 cm³/mol. The third-order valence-electron chi connectivity index (χ3n) is 2.51. The molecule has 0 N–H and O–H groups in total. The summed E-state index contributed by atoms with van der Waals surface area (Å²) in [5.41, 5.74) is 1.61. The van der Waals surface area contributed by atoms with E-state index in [1.807, 2.05) is 0 Å². The van der Waals surface area contributed by atoms with Gasteiger partial charge in [0.1, 0.15) is 12.7 Å². The van der Waals surface area contributed by atoms with E-state index in [4.69, 9.17) is 9.47 Å². The van der Waals surface area contributed by atoms with Crippen LogP contribution in [0.15, 0.2) is 23.8 Å². The smallest absolute Gasteiger partial charge is 0.333 e. The summed E-state index contributed by atoms with van der Waals surface area (Å²) in [6.45, 7) is 5.56. The van der Waals surface area contributed by atoms with Crippen molar-refractivity contribution in [3.63, 3.8) is 0 Å². The monoisotopic (exact) mass is 194 g/mol. The summed E-state index contributed by atoms with van der Waals surface area (Å²) in [4.78, 5) is 11.1. The van der Waals surface area contributed by atoms with E-state index < -0.39 is 0 Å². The van der Waals surface area contributed by atoms with E-state index in [1.165, 1.54) is 5.57 Å². The van der Waals surface area contributed by atoms with Crippen LogP contribution < -0.4 is 0 Å². The van der Waals surface area contributed by atoms with Gasteiger partial charge in [0.05, 0.1) is 6.10 Å². The van der Waals surface area contributed by atoms with E-state index in [2.05, 4.69) is 12.7 Å². The molecule has 0 aromatic carbocycles. The minimum atomic E-state index is -0.315. The van der Waals surface area contributed by atoms with Gasteiger partial charge in [0, 0.05) is 5.57 Å². The molecule has 0 amide bonds. The third kappa shape index (κ3) is 2.04. The maximum absolute atomic E-state index is 11.1. The second-order valence-electron chi connectivity index (χ2n) is 3.86. The third-order valence-corrected chi connectivity index (χ3v) is 2.51. The molecule has 2 aliphatic rings. The Morgan fingerprint density at radius 1 is 1.79 bits per heavy atom. The second kappa shape index (κ2) is 3.58. The number of fused-ring (bicyclic) bond motifs is 1. The number of hydrogen-bond acceptors (Lipinski definition) is 3. The van der Waals surface area contributed by atoms with E-state index in [0.29, 0.717) is 24.4 Å². The van der Waals surface area contributed by atoms with Crippen molar-refractivity contribution >= 4 is 5.97 Å². The highest BCUT2D eigenvalue weighted by atomic mass is 16.6. The molecule has 0 bridgehead atoms. The van der Waals surface area contributed by atoms with Crippen molar-refractivity contribution in [2.45, 2.75) is 32.0 Å². The van der Waals surface area contributed by atoms with Gasteiger partial charge in [0.25, 0.3) is 0 Å². The summed E-state index contributed by atoms with van der Waals surface area (Å²) in [6, 6.07) is 0. The Morgan fingerprint density at radius 3 is 3.21 bits per heavy atom. The summed E-state index contributed by atoms with van der Waals surface area (Å²) >= 11 is 0. The normalized spacial score (nSPS) is 28.8. The first-order chi connectivity index (χ1) is 6.66. The molecule has 76 valence electrons. The van der Waals surface area contributed by atoms with Crippen LogP contribution in [0.25, 0.3) is 0 Å². The quantitative estimate of drug-likeness (QED) is 0.296. The molecule has 2 unspecified atom stereocenters. The van der Waals surface area contributed by atoms with Crippen LogP contribution in [0.4, 0.5) is 0 Å². The van der Waals surface area contributed by atoms with Gasteiger partial charge in [-0.3, -0.25) is 0 Å². The fraction of sp³-hybridized carbons (Fsp3) is 0.545. The molecule has 2 atom stereocenters. The molecule has 2 rings (SSSR count). The maximum Gasteiger partial charge on any atom is 0.333 e. The number of ether oxygens (including phenoxy) is 2. The summed E-state index contributed by atoms with van der Waals surface area (Å²) in [7, 11) is 0. The van der Waals surface area contributed by atoms with Crippen molar-refractivity contribution in [2.24, 2.45) is 0 Å². The first kappa shape index (κ1) is 9.46. The van der Waals surface area contributed by atoms with Gasteiger partial charge in [-0.15, -0.1) is 0 Å². The summed E-state index contributed by atoms with van der Waals surface area (Å²) < 4.78 is 10.4. The lowest BCUT2D eigenvalue weighted by Gasteiger charge is -2.10. The molecular weight excluding hydrogens is 180 g/mol. The largest absolute Gasteiger partial charge is 0.458 e. The lowest BCUT2D eigenvalue weighted by molar-refractivity contribution is -0.138. The van der Waals surface area contributed by atoms with Gasteiger partial charge >= 0.3 is 5.97 Å². The van der Waals surface area contributed by atoms with Gasteiger partial charge in [-0.1, -0.05) is 12.7 Å². The van der Waals surface area contributed by atoms with Crippen LogP contribution in [0.5, 0.6) is 0 Å². The molecule has 0 aromatic heterocycles. The molecule has 0 spiro atoms. The molecule has 1 saturated heterocycles. The fourth-order valence-corrected chi connectivity index (χ4v) is 1.58. The van der Waals surface area contributed by atoms with Crippen LogP contribution in [-0.4, -0.2) is 24.8 Å². The van der Waals surface area contributed by atoms with E-state index in [-0.39, 0.29) is 5.97 Å². The van der Waals surface area contributed by atoms with E-state index in [9.17, 15) is 4.79 Å². The highest BCUT2D eigenvalue weighted by Crippen LogP contribution is 2.34. The van der Waals surface area contributed by atoms with Gasteiger partial charge in [0.15, 0.2) is 0 Å². The number of carbonyl (C=O) groups is 1. The predicted octanol–water partition coefficient (Wildman–Crippen LogP) is 1.59. The van der Waals surface area contributed by atoms with Gasteiger partial charge in [0.2, 0.25) is 0 Å². The van der Waals surface area contributed by atoms with Gasteiger partial charge in [-0.2, -0.15) is 0 Å². The molecule has 0 aromatic rings. The minimum absolute atomic E-state index is 0.294. The fourth-order valence-electron chi connectivity index (χ4n) is 1.58. The Hall–Kier alpha value is -1.09. The van der Waals surface area contributed by atoms with E-state index in [1.54, 1.807) is 6.92 Å². The molecule has 0 radical (unpaired) electrons. The maximum atomic E-state index is 11.1. The number of carbonyl (C=O) groups excluding carboxylic acids is 1. The standard InChI is InChI=1S/C11H14O3/c1-7(2)11(12)13-6-8-3-4-9-10(5-8)14-9/h5,9-10H,1,3-4,6H2,2H3. The van der Waals surface area contributed by atoms with E-state index in [0.717, 1.165) is 12.8 Å². The number of rotatable bonds is 3. The number of hydrogen-bond donors (Lipinski definition) is 0. The zero-order valence-corrected chi connectivity index (χ0v) is 8.29. The van der Waals surface area contributed by atoms with Crippen molar-refractivity contribution in [2.75, 3.05) is 6.61 Å². The zero-order valence-electron chi connectivity index (χ0n) is 8.29. The molecule has 1 fully saturated rings. The van der Waals surface area contributed by atoms with E-state index >= 15 is 0 Å². The topological polar surface area (TPSA) is 38.8 Å². The Morgan fingerprint density at radius 2 is 2.57 bits per heavy atom. The first-order valence-corrected chi connectivity index (χ1v) is 4.84. The van der Waals surface area contributed by atoms with Crippen molar-refractivity contribution in [3.05, 3.63) is 23.8 Å². The second-order valence-corrected chi connectivity index (χ2v) is 3.86. The highest BCUT2D eigenvalue weighted by molar-refractivity contribution is 5.87. The van der Waals surface area contributed by atoms with Crippen LogP contribution in [0, 0.1) is 0 Å². The Kier molecular flexibility index (Phi) is 2.42. The average molecular weight is 194 g/mol. The molecule has 3 nitrogen and oxygen atoms in total. The Bertz CT molecular complexity index is 304. The molecule has 0 saturated carbocycles. The lowest BCUT2D eigenvalue weighted by Crippen LogP contribution is -2.11. The Balaban J connectivity index is 1.80. The lowest BCUT2D eigenvalue weighted by atomic mass is 10.0. The van der Waals surface area contributed by atoms with Gasteiger partial charge in [-0.05, 0) is 25.3 Å². The number of esters is 1. The van der Waals surface area contributed by atoms with Crippen LogP contribution in [-0.2, 0) is 14.3 Å². The summed E-state index contributed by atoms with van der Waals surface area (Å²) in [5.74, 6) is -0.315. The van der Waals surface area contributed by atoms with Crippen molar-refractivity contribution in [1.82, 2.24) is 0 Å². The van der Waals surface area contributed by atoms with Crippen LogP contribution in [0.1, 0.15) is 19.8 Å². The first-order valence-electron chi connectivity index (χ1n) is 4.84. The summed E-state index contributed by atoms with van der Waals surface area (Å²) in [5, 5.41) is 0. The molecule has 14 heavy (non-hydrogen) atoms. The molecule has 1 aliphatic heterocycles.